The molecule has 17 heavy (non-hydrogen) atoms. The smallest absolute Gasteiger partial charge is 0.406 e. The molecule has 6 heteroatoms. The Hall–Kier alpha value is -1.27. The molecule has 0 amide bonds. The Morgan fingerprint density at radius 2 is 2.18 bits per heavy atom. The number of hydrogen-bond donors (Lipinski definition) is 1. The molecule has 1 aliphatic heterocycles. The minimum absolute atomic E-state index is 0.0828. The number of halogens is 3. The van der Waals surface area contributed by atoms with Gasteiger partial charge in [0.15, 0.2) is 0 Å². The minimum atomic E-state index is -4.66. The van der Waals surface area contributed by atoms with Crippen molar-refractivity contribution >= 4 is 0 Å². The second-order valence-corrected chi connectivity index (χ2v) is 3.70. The average Bonchev–Trinajstić information content (AvgIpc) is 2.28. The van der Waals surface area contributed by atoms with Gasteiger partial charge in [-0.15, -0.1) is 13.2 Å². The van der Waals surface area contributed by atoms with Crippen LogP contribution in [0.3, 0.4) is 0 Å². The highest BCUT2D eigenvalue weighted by Gasteiger charge is 2.31. The number of hydrogen-bond acceptors (Lipinski definition) is 3. The molecule has 2 rings (SSSR count). The number of alkyl halides is 3. The molecule has 0 saturated carbocycles. The second kappa shape index (κ2) is 4.93. The first-order valence-electron chi connectivity index (χ1n) is 5.21. The highest BCUT2D eigenvalue weighted by atomic mass is 19.4. The number of morpholine rings is 1. The lowest BCUT2D eigenvalue weighted by Gasteiger charge is -2.24. The molecule has 1 fully saturated rings. The van der Waals surface area contributed by atoms with Crippen molar-refractivity contribution in [1.29, 1.82) is 0 Å². The molecule has 1 N–H and O–H groups in total. The monoisotopic (exact) mass is 247 g/mol. The van der Waals surface area contributed by atoms with E-state index in [1.165, 1.54) is 18.2 Å². The number of benzene rings is 1. The van der Waals surface area contributed by atoms with Gasteiger partial charge in [-0.1, -0.05) is 12.1 Å². The van der Waals surface area contributed by atoms with Crippen molar-refractivity contribution < 1.29 is 22.6 Å². The summed E-state index contributed by atoms with van der Waals surface area (Å²) in [5, 5.41) is 3.16. The Bertz CT molecular complexity index is 375. The van der Waals surface area contributed by atoms with Crippen LogP contribution in [0.1, 0.15) is 11.6 Å². The zero-order valence-corrected chi connectivity index (χ0v) is 8.96. The SMILES string of the molecule is FC(F)(F)Oc1cccc([C@@H]2COCCN2)c1. The van der Waals surface area contributed by atoms with Crippen LogP contribution in [0.5, 0.6) is 5.75 Å². The number of nitrogens with one attached hydrogen (secondary N) is 1. The summed E-state index contributed by atoms with van der Waals surface area (Å²) < 4.78 is 45.3. The van der Waals surface area contributed by atoms with Gasteiger partial charge >= 0.3 is 6.36 Å². The third-order valence-corrected chi connectivity index (χ3v) is 2.42. The number of ether oxygens (including phenoxy) is 2. The van der Waals surface area contributed by atoms with Crippen LogP contribution in [0.4, 0.5) is 13.2 Å². The Labute approximate surface area is 96.5 Å². The summed E-state index contributed by atoms with van der Waals surface area (Å²) in [6, 6.07) is 5.85. The molecule has 0 unspecified atom stereocenters. The molecular formula is C11H12F3NO2. The molecular weight excluding hydrogens is 235 g/mol. The summed E-state index contributed by atoms with van der Waals surface area (Å²) >= 11 is 0. The molecule has 1 heterocycles. The van der Waals surface area contributed by atoms with Crippen molar-refractivity contribution in [2.45, 2.75) is 12.4 Å². The van der Waals surface area contributed by atoms with E-state index in [0.29, 0.717) is 19.8 Å². The van der Waals surface area contributed by atoms with Crippen LogP contribution in [0.15, 0.2) is 24.3 Å². The Morgan fingerprint density at radius 1 is 1.35 bits per heavy atom. The van der Waals surface area contributed by atoms with E-state index in [1.807, 2.05) is 0 Å². The van der Waals surface area contributed by atoms with Gasteiger partial charge in [-0.05, 0) is 17.7 Å². The summed E-state index contributed by atoms with van der Waals surface area (Å²) in [5.41, 5.74) is 0.728. The maximum atomic E-state index is 12.1. The van der Waals surface area contributed by atoms with E-state index < -0.39 is 6.36 Å². The second-order valence-electron chi connectivity index (χ2n) is 3.70. The highest BCUT2D eigenvalue weighted by Crippen LogP contribution is 2.26. The summed E-state index contributed by atoms with van der Waals surface area (Å²) in [4.78, 5) is 0. The predicted molar refractivity (Wildman–Crippen MR) is 54.7 cm³/mol. The van der Waals surface area contributed by atoms with Crippen LogP contribution in [-0.4, -0.2) is 26.1 Å². The summed E-state index contributed by atoms with van der Waals surface area (Å²) in [5.74, 6) is -0.206. The van der Waals surface area contributed by atoms with Crippen molar-refractivity contribution in [3.8, 4) is 5.75 Å². The van der Waals surface area contributed by atoms with Gasteiger partial charge in [0.25, 0.3) is 0 Å². The Kier molecular flexibility index (Phi) is 3.54. The Morgan fingerprint density at radius 3 is 2.82 bits per heavy atom. The fraction of sp³-hybridized carbons (Fsp3) is 0.455. The fourth-order valence-electron chi connectivity index (χ4n) is 1.71. The van der Waals surface area contributed by atoms with Crippen LogP contribution in [0.25, 0.3) is 0 Å². The van der Waals surface area contributed by atoms with E-state index in [9.17, 15) is 13.2 Å². The largest absolute Gasteiger partial charge is 0.573 e. The molecule has 0 radical (unpaired) electrons. The summed E-state index contributed by atoms with van der Waals surface area (Å²) in [7, 11) is 0. The maximum Gasteiger partial charge on any atom is 0.573 e. The van der Waals surface area contributed by atoms with Crippen molar-refractivity contribution in [3.63, 3.8) is 0 Å². The molecule has 0 spiro atoms. The Balaban J connectivity index is 2.10. The first-order valence-corrected chi connectivity index (χ1v) is 5.21. The van der Waals surface area contributed by atoms with Crippen LogP contribution in [0, 0.1) is 0 Å². The molecule has 1 aliphatic rings. The molecule has 1 atom stereocenters. The minimum Gasteiger partial charge on any atom is -0.406 e. The predicted octanol–water partition coefficient (Wildman–Crippen LogP) is 2.25. The van der Waals surface area contributed by atoms with Crippen molar-refractivity contribution in [3.05, 3.63) is 29.8 Å². The van der Waals surface area contributed by atoms with Crippen molar-refractivity contribution in [1.82, 2.24) is 5.32 Å². The molecule has 94 valence electrons. The summed E-state index contributed by atoms with van der Waals surface area (Å²) in [6.45, 7) is 1.76. The van der Waals surface area contributed by atoms with Gasteiger partial charge in [0, 0.05) is 6.54 Å². The summed E-state index contributed by atoms with van der Waals surface area (Å²) in [6.07, 6.45) is -4.66. The van der Waals surface area contributed by atoms with Gasteiger partial charge in [-0.3, -0.25) is 0 Å². The van der Waals surface area contributed by atoms with Crippen molar-refractivity contribution in [2.75, 3.05) is 19.8 Å². The first-order chi connectivity index (χ1) is 8.04. The molecule has 0 aromatic heterocycles. The van der Waals surface area contributed by atoms with Crippen LogP contribution in [-0.2, 0) is 4.74 Å². The highest BCUT2D eigenvalue weighted by molar-refractivity contribution is 5.31. The molecule has 1 saturated heterocycles. The van der Waals surface area contributed by atoms with Gasteiger partial charge in [-0.25, -0.2) is 0 Å². The lowest BCUT2D eigenvalue weighted by molar-refractivity contribution is -0.274. The van der Waals surface area contributed by atoms with Crippen molar-refractivity contribution in [2.24, 2.45) is 0 Å². The van der Waals surface area contributed by atoms with Gasteiger partial charge < -0.3 is 14.8 Å². The molecule has 1 aromatic carbocycles. The van der Waals surface area contributed by atoms with E-state index in [1.54, 1.807) is 6.07 Å². The third kappa shape index (κ3) is 3.61. The van der Waals surface area contributed by atoms with E-state index in [-0.39, 0.29) is 11.8 Å². The van der Waals surface area contributed by atoms with E-state index in [4.69, 9.17) is 4.74 Å². The average molecular weight is 247 g/mol. The quantitative estimate of drug-likeness (QED) is 0.869. The lowest BCUT2D eigenvalue weighted by atomic mass is 10.1. The zero-order chi connectivity index (χ0) is 12.3. The third-order valence-electron chi connectivity index (χ3n) is 2.42. The van der Waals surface area contributed by atoms with Crippen LogP contribution < -0.4 is 10.1 Å². The van der Waals surface area contributed by atoms with E-state index in [0.717, 1.165) is 5.56 Å². The maximum absolute atomic E-state index is 12.1. The lowest BCUT2D eigenvalue weighted by Crippen LogP contribution is -2.34. The van der Waals surface area contributed by atoms with Crippen LogP contribution in [0.2, 0.25) is 0 Å². The van der Waals surface area contributed by atoms with Gasteiger partial charge in [0.2, 0.25) is 0 Å². The number of rotatable bonds is 2. The topological polar surface area (TPSA) is 30.5 Å². The van der Waals surface area contributed by atoms with E-state index >= 15 is 0 Å². The van der Waals surface area contributed by atoms with Gasteiger partial charge in [0.1, 0.15) is 5.75 Å². The first kappa shape index (κ1) is 12.2. The molecule has 1 aromatic rings. The van der Waals surface area contributed by atoms with E-state index in [2.05, 4.69) is 10.1 Å². The normalized spacial score (nSPS) is 21.2. The van der Waals surface area contributed by atoms with Gasteiger partial charge in [0.05, 0.1) is 19.3 Å². The molecule has 3 nitrogen and oxygen atoms in total. The van der Waals surface area contributed by atoms with Gasteiger partial charge in [-0.2, -0.15) is 0 Å². The standard InChI is InChI=1S/C11H12F3NO2/c12-11(13,14)17-9-3-1-2-8(6-9)10-7-16-5-4-15-10/h1-3,6,10,15H,4-5,7H2/t10-/m0/s1. The zero-order valence-electron chi connectivity index (χ0n) is 8.96. The van der Waals surface area contributed by atoms with Crippen LogP contribution >= 0.6 is 0 Å². The fourth-order valence-corrected chi connectivity index (χ4v) is 1.71. The molecule has 0 aliphatic carbocycles. The molecule has 0 bridgehead atoms.